The molecule has 26 heavy (non-hydrogen) atoms. The summed E-state index contributed by atoms with van der Waals surface area (Å²) < 4.78 is 42.7. The van der Waals surface area contributed by atoms with Gasteiger partial charge in [0.05, 0.1) is 10.5 Å². The number of rotatable bonds is 4. The zero-order valence-electron chi connectivity index (χ0n) is 15.1. The molecule has 0 aliphatic heterocycles. The van der Waals surface area contributed by atoms with Crippen LogP contribution >= 0.6 is 0 Å². The molecular weight excluding hydrogens is 356 g/mol. The first-order valence-electron chi connectivity index (χ1n) is 8.39. The Morgan fingerprint density at radius 3 is 2.23 bits per heavy atom. The lowest BCUT2D eigenvalue weighted by atomic mass is 9.95. The van der Waals surface area contributed by atoms with Crippen molar-refractivity contribution in [3.63, 3.8) is 0 Å². The highest BCUT2D eigenvalue weighted by Crippen LogP contribution is 2.20. The second kappa shape index (κ2) is 13.1. The number of nitrogens with one attached hydrogen (secondary N) is 1. The van der Waals surface area contributed by atoms with Crippen LogP contribution in [0.5, 0.6) is 0 Å². The first kappa shape index (κ1) is 23.8. The molecule has 9 heteroatoms. The number of hydrogen-bond acceptors (Lipinski definition) is 3. The Morgan fingerprint density at radius 1 is 1.19 bits per heavy atom. The van der Waals surface area contributed by atoms with Crippen molar-refractivity contribution in [2.75, 3.05) is 7.11 Å². The van der Waals surface area contributed by atoms with Crippen LogP contribution in [0.15, 0.2) is 18.2 Å². The normalized spacial score (nSPS) is 13.7. The van der Waals surface area contributed by atoms with Gasteiger partial charge >= 0.3 is 12.4 Å². The van der Waals surface area contributed by atoms with Gasteiger partial charge in [0.25, 0.3) is 10.8 Å². The highest BCUT2D eigenvalue weighted by Gasteiger charge is 2.23. The highest BCUT2D eigenvalue weighted by atomic mass is 19.4. The van der Waals surface area contributed by atoms with Crippen LogP contribution in [-0.2, 0) is 4.84 Å². The molecule has 1 aliphatic rings. The maximum atomic E-state index is 13.7. The molecule has 1 amide bonds. The second-order valence-electron chi connectivity index (χ2n) is 5.16. The first-order valence-corrected chi connectivity index (χ1v) is 8.39. The fourth-order valence-corrected chi connectivity index (χ4v) is 2.42. The maximum absolute atomic E-state index is 13.7. The van der Waals surface area contributed by atoms with Gasteiger partial charge in [-0.3, -0.25) is 4.79 Å². The molecule has 1 aromatic carbocycles. The van der Waals surface area contributed by atoms with Gasteiger partial charge in [0.15, 0.2) is 7.11 Å². The smallest absolute Gasteiger partial charge is 0.349 e. The van der Waals surface area contributed by atoms with Gasteiger partial charge in [0, 0.05) is 18.2 Å². The highest BCUT2D eigenvalue weighted by molar-refractivity contribution is 5.95. The van der Waals surface area contributed by atoms with Crippen molar-refractivity contribution < 1.29 is 32.1 Å². The summed E-state index contributed by atoms with van der Waals surface area (Å²) in [5, 5.41) is 2.82. The molecule has 148 valence electrons. The molecule has 0 atom stereocenters. The summed E-state index contributed by atoms with van der Waals surface area (Å²) in [6.07, 6.45) is 5.16. The van der Waals surface area contributed by atoms with E-state index in [0.29, 0.717) is 0 Å². The van der Waals surface area contributed by atoms with Crippen LogP contribution in [0.2, 0.25) is 0 Å². The average Bonchev–Trinajstić information content (AvgIpc) is 2.63. The fourth-order valence-electron chi connectivity index (χ4n) is 2.42. The van der Waals surface area contributed by atoms with E-state index in [1.54, 1.807) is 0 Å². The molecular formula is C17H25F4N2O3+. The molecule has 0 heterocycles. The number of nitrogens with zero attached hydrogens (tertiary/aromatic N) is 1. The van der Waals surface area contributed by atoms with E-state index in [2.05, 4.69) is 10.2 Å². The van der Waals surface area contributed by atoms with E-state index in [1.165, 1.54) is 25.7 Å². The van der Waals surface area contributed by atoms with Gasteiger partial charge in [0.1, 0.15) is 5.82 Å². The molecule has 0 saturated heterocycles. The van der Waals surface area contributed by atoms with Crippen molar-refractivity contribution in [1.82, 2.24) is 5.32 Å². The van der Waals surface area contributed by atoms with E-state index < -0.39 is 18.4 Å². The number of carbonyl (C=O) groups excluding carboxylic acids is 1. The number of halogens is 4. The van der Waals surface area contributed by atoms with E-state index in [-0.39, 0.29) is 22.2 Å². The Kier molecular flexibility index (Phi) is 12.0. The van der Waals surface area contributed by atoms with Crippen LogP contribution in [0, 0.1) is 10.7 Å². The molecule has 1 N–H and O–H groups in total. The van der Waals surface area contributed by atoms with Crippen LogP contribution in [0.3, 0.4) is 0 Å². The Bertz CT molecular complexity index is 562. The lowest BCUT2D eigenvalue weighted by molar-refractivity contribution is -0.736. The molecule has 1 aliphatic carbocycles. The Hall–Kier alpha value is -2.19. The molecule has 1 fully saturated rings. The lowest BCUT2D eigenvalue weighted by Crippen LogP contribution is -2.36. The molecule has 0 bridgehead atoms. The predicted octanol–water partition coefficient (Wildman–Crippen LogP) is 5.06. The topological polar surface area (TPSA) is 58.4 Å². The van der Waals surface area contributed by atoms with E-state index >= 15 is 0 Å². The van der Waals surface area contributed by atoms with Crippen molar-refractivity contribution in [2.24, 2.45) is 0 Å². The molecule has 0 spiro atoms. The van der Waals surface area contributed by atoms with Crippen LogP contribution in [0.1, 0.15) is 56.3 Å². The van der Waals surface area contributed by atoms with Crippen LogP contribution in [-0.4, -0.2) is 30.7 Å². The van der Waals surface area contributed by atoms with Gasteiger partial charge in [-0.15, -0.1) is 0 Å². The molecule has 1 aromatic rings. The summed E-state index contributed by atoms with van der Waals surface area (Å²) in [4.78, 5) is 28.1. The fraction of sp³-hybridized carbons (Fsp3) is 0.588. The number of amides is 1. The Balaban J connectivity index is 0.000000920. The predicted molar refractivity (Wildman–Crippen MR) is 89.5 cm³/mol. The minimum atomic E-state index is -3.67. The molecule has 0 unspecified atom stereocenters. The minimum absolute atomic E-state index is 0.0858. The number of carbonyl (C=O) groups is 1. The van der Waals surface area contributed by atoms with Crippen molar-refractivity contribution in [1.29, 1.82) is 0 Å². The molecule has 2 rings (SSSR count). The monoisotopic (exact) mass is 381 g/mol. The minimum Gasteiger partial charge on any atom is -0.349 e. The maximum Gasteiger partial charge on any atom is 0.379 e. The molecule has 0 aromatic heterocycles. The number of alkyl halides is 3. The van der Waals surface area contributed by atoms with Crippen molar-refractivity contribution in [3.05, 3.63) is 34.5 Å². The molecule has 0 radical (unpaired) electrons. The van der Waals surface area contributed by atoms with Crippen LogP contribution in [0.25, 0.3) is 0 Å². The van der Waals surface area contributed by atoms with Gasteiger partial charge in [0.2, 0.25) is 0 Å². The summed E-state index contributed by atoms with van der Waals surface area (Å²) in [6.45, 7) is 0.333. The first-order chi connectivity index (χ1) is 12.3. The lowest BCUT2D eigenvalue weighted by Gasteiger charge is -2.22. The largest absolute Gasteiger partial charge is 0.379 e. The van der Waals surface area contributed by atoms with Gasteiger partial charge in [-0.25, -0.2) is 9.23 Å². The molecule has 1 saturated carbocycles. The van der Waals surface area contributed by atoms with Crippen molar-refractivity contribution in [2.45, 2.75) is 58.7 Å². The van der Waals surface area contributed by atoms with Crippen LogP contribution < -0.4 is 5.32 Å². The zero-order chi connectivity index (χ0) is 20.1. The van der Waals surface area contributed by atoms with Gasteiger partial charge in [-0.1, -0.05) is 33.1 Å². The van der Waals surface area contributed by atoms with E-state index in [9.17, 15) is 27.3 Å². The Morgan fingerprint density at radius 2 is 1.73 bits per heavy atom. The Labute approximate surface area is 150 Å². The SMILES string of the molecule is CC.CO[N+](=O)c1ccc(F)c(C(=O)NC2CCCCC2)c1.FC(F)F. The van der Waals surface area contributed by atoms with E-state index in [0.717, 1.165) is 31.7 Å². The van der Waals surface area contributed by atoms with Crippen molar-refractivity contribution in [3.8, 4) is 0 Å². The quantitative estimate of drug-likeness (QED) is 0.585. The van der Waals surface area contributed by atoms with Crippen LogP contribution in [0.4, 0.5) is 23.2 Å². The molecule has 5 nitrogen and oxygen atoms in total. The third kappa shape index (κ3) is 8.77. The third-order valence-corrected chi connectivity index (χ3v) is 3.51. The third-order valence-electron chi connectivity index (χ3n) is 3.51. The summed E-state index contributed by atoms with van der Waals surface area (Å²) in [5.74, 6) is -1.13. The number of benzene rings is 1. The van der Waals surface area contributed by atoms with Crippen molar-refractivity contribution >= 4 is 11.6 Å². The summed E-state index contributed by atoms with van der Waals surface area (Å²) in [7, 11) is 1.21. The number of hydrogen-bond donors (Lipinski definition) is 1. The standard InChI is InChI=1S/C14H17FN2O3.C2H6.CHF3/c1-20-17(19)11-7-8-13(15)12(9-11)14(18)16-10-5-3-2-4-6-10;1-2;2-1(3)4/h7-10H,2-6H2,1H3;1-2H3;1H/p+1. The van der Waals surface area contributed by atoms with E-state index in [4.69, 9.17) is 0 Å². The van der Waals surface area contributed by atoms with Gasteiger partial charge in [-0.2, -0.15) is 13.2 Å². The summed E-state index contributed by atoms with van der Waals surface area (Å²) >= 11 is 0. The second-order valence-corrected chi connectivity index (χ2v) is 5.16. The summed E-state index contributed by atoms with van der Waals surface area (Å²) in [6, 6.07) is 3.65. The van der Waals surface area contributed by atoms with Gasteiger partial charge in [-0.05, 0) is 18.9 Å². The van der Waals surface area contributed by atoms with Gasteiger partial charge < -0.3 is 5.32 Å². The average molecular weight is 381 g/mol. The van der Waals surface area contributed by atoms with E-state index in [1.807, 2.05) is 13.8 Å². The summed E-state index contributed by atoms with van der Waals surface area (Å²) in [5.41, 5.74) is -0.0475. The zero-order valence-corrected chi connectivity index (χ0v) is 15.1.